The quantitative estimate of drug-likeness (QED) is 0.156. The van der Waals surface area contributed by atoms with Gasteiger partial charge in [0.05, 0.1) is 12.6 Å². The second-order valence-electron chi connectivity index (χ2n) is 17.1. The molecule has 1 saturated heterocycles. The molecule has 1 heterocycles. The molecule has 3 aliphatic carbocycles. The molecule has 1 aliphatic heterocycles. The van der Waals surface area contributed by atoms with Crippen molar-refractivity contribution in [1.29, 1.82) is 0 Å². The average molecular weight is 840 g/mol. The van der Waals surface area contributed by atoms with Crippen LogP contribution in [-0.4, -0.2) is 106 Å². The predicted molar refractivity (Wildman–Crippen MR) is 215 cm³/mol. The molecule has 312 valence electrons. The number of rotatable bonds is 15. The molecule has 58 heavy (non-hydrogen) atoms. The van der Waals surface area contributed by atoms with Crippen LogP contribution < -0.4 is 21.3 Å². The molecule has 0 bridgehead atoms. The van der Waals surface area contributed by atoms with E-state index in [1.807, 2.05) is 24.3 Å². The third-order valence-electron chi connectivity index (χ3n) is 11.3. The number of hydrogen-bond acceptors (Lipinski definition) is 8. The monoisotopic (exact) mass is 838 g/mol. The number of halogens is 2. The van der Waals surface area contributed by atoms with Crippen molar-refractivity contribution in [2.24, 2.45) is 23.7 Å². The summed E-state index contributed by atoms with van der Waals surface area (Å²) in [4.78, 5) is 97.8. The highest BCUT2D eigenvalue weighted by Crippen LogP contribution is 2.65. The summed E-state index contributed by atoms with van der Waals surface area (Å²) in [5.74, 6) is -5.48. The van der Waals surface area contributed by atoms with Crippen molar-refractivity contribution in [3.8, 4) is 0 Å². The first-order valence-corrected chi connectivity index (χ1v) is 20.5. The van der Waals surface area contributed by atoms with Crippen molar-refractivity contribution in [3.05, 3.63) is 71.3 Å². The van der Waals surface area contributed by atoms with E-state index in [0.29, 0.717) is 30.7 Å². The number of alkyl carbamates (subject to hydrolysis) is 1. The molecule has 1 unspecified atom stereocenters. The molecular formula is C42H52Cl2N6O8. The number of carbonyl (C=O) groups excluding carboxylic acids is 7. The number of likely N-dealkylation sites (tertiary alicyclic amines) is 1. The number of ether oxygens (including phenoxy) is 1. The second-order valence-corrected chi connectivity index (χ2v) is 18.5. The van der Waals surface area contributed by atoms with E-state index in [9.17, 15) is 33.6 Å². The summed E-state index contributed by atoms with van der Waals surface area (Å²) in [6.07, 6.45) is 2.88. The first-order valence-electron chi connectivity index (χ1n) is 19.8. The lowest BCUT2D eigenvalue weighted by molar-refractivity contribution is -0.144. The summed E-state index contributed by atoms with van der Waals surface area (Å²) >= 11 is 13.3. The van der Waals surface area contributed by atoms with Gasteiger partial charge in [0.2, 0.25) is 29.4 Å². The fourth-order valence-electron chi connectivity index (χ4n) is 8.10. The molecule has 4 aliphatic rings. The van der Waals surface area contributed by atoms with Gasteiger partial charge in [-0.15, -0.1) is 23.2 Å². The lowest BCUT2D eigenvalue weighted by atomic mass is 9.94. The van der Waals surface area contributed by atoms with E-state index in [-0.39, 0.29) is 24.8 Å². The van der Waals surface area contributed by atoms with Crippen molar-refractivity contribution in [3.63, 3.8) is 0 Å². The standard InChI is InChI=1S/C42H52Cl2N6O8/c1-41(2,3)58-40(57)48-33(27-19-25-13-9-10-14-26(25)20-27)39(56)50-22-28-31(42(28,43)44)34(50)36(53)46-29(18-17-23-15-16-23)35(52)37(54)45-21-30(51)47-32(38(55)49(4)5)24-11-7-6-8-12-24/h6-14,23,27-29,31-34H,15-22H2,1-5H3,(H,45,54)(H,46,53)(H,47,51)(H,48,57)/t28-,29?,31-,32-,33-,34-/m0/s1. The maximum Gasteiger partial charge on any atom is 0.408 e. The molecule has 6 atom stereocenters. The van der Waals surface area contributed by atoms with Crippen LogP contribution in [-0.2, 0) is 46.3 Å². The Bertz CT molecular complexity index is 1910. The zero-order valence-electron chi connectivity index (χ0n) is 33.4. The maximum absolute atomic E-state index is 14.6. The van der Waals surface area contributed by atoms with Gasteiger partial charge in [0.25, 0.3) is 5.91 Å². The lowest BCUT2D eigenvalue weighted by Crippen LogP contribution is -2.60. The van der Waals surface area contributed by atoms with Crippen molar-refractivity contribution in [2.75, 3.05) is 27.2 Å². The number of carbonyl (C=O) groups is 7. The number of hydrogen-bond donors (Lipinski definition) is 4. The van der Waals surface area contributed by atoms with Crippen LogP contribution in [0, 0.1) is 23.7 Å². The highest BCUT2D eigenvalue weighted by molar-refractivity contribution is 6.51. The molecule has 2 aromatic rings. The Kier molecular flexibility index (Phi) is 12.8. The third-order valence-corrected chi connectivity index (χ3v) is 12.4. The number of likely N-dealkylation sites (N-methyl/N-ethyl adjacent to an activating group) is 1. The molecule has 16 heteroatoms. The van der Waals surface area contributed by atoms with Gasteiger partial charge in [-0.3, -0.25) is 28.8 Å². The number of nitrogens with one attached hydrogen (secondary N) is 4. The molecule has 4 N–H and O–H groups in total. The number of amides is 6. The van der Waals surface area contributed by atoms with Crippen LogP contribution in [0.2, 0.25) is 0 Å². The van der Waals surface area contributed by atoms with E-state index in [1.165, 1.54) is 9.80 Å². The van der Waals surface area contributed by atoms with E-state index >= 15 is 0 Å². The van der Waals surface area contributed by atoms with E-state index < -0.39 is 88.0 Å². The van der Waals surface area contributed by atoms with Crippen LogP contribution in [0.3, 0.4) is 0 Å². The summed E-state index contributed by atoms with van der Waals surface area (Å²) in [5, 5.41) is 10.5. The van der Waals surface area contributed by atoms with Gasteiger partial charge in [-0.25, -0.2) is 4.79 Å². The fraction of sp³-hybridized carbons (Fsp3) is 0.548. The molecule has 3 fully saturated rings. The van der Waals surface area contributed by atoms with Crippen LogP contribution in [0.1, 0.15) is 69.2 Å². The lowest BCUT2D eigenvalue weighted by Gasteiger charge is -2.35. The SMILES string of the molecule is CN(C)C(=O)[C@@H](NC(=O)CNC(=O)C(=O)C(CCC1CC1)NC(=O)[C@@H]1[C@@H]2[C@H](CN1C(=O)[C@@H](NC(=O)OC(C)(C)C)C1Cc3ccccc3C1)C2(Cl)Cl)c1ccccc1. The minimum Gasteiger partial charge on any atom is -0.444 e. The number of benzene rings is 2. The Balaban J connectivity index is 1.16. The Labute approximate surface area is 348 Å². The average Bonchev–Trinajstić information content (AvgIpc) is 3.94. The van der Waals surface area contributed by atoms with E-state index in [2.05, 4.69) is 21.3 Å². The Morgan fingerprint density at radius 3 is 2.10 bits per heavy atom. The number of nitrogens with zero attached hydrogens (tertiary/aromatic N) is 2. The van der Waals surface area contributed by atoms with Crippen molar-refractivity contribution >= 4 is 64.6 Å². The van der Waals surface area contributed by atoms with Crippen molar-refractivity contribution in [2.45, 2.75) is 93.4 Å². The summed E-state index contributed by atoms with van der Waals surface area (Å²) in [6, 6.07) is 11.8. The molecule has 6 amide bonds. The number of alkyl halides is 2. The fourth-order valence-corrected chi connectivity index (χ4v) is 8.93. The van der Waals surface area contributed by atoms with Gasteiger partial charge in [-0.1, -0.05) is 67.4 Å². The Morgan fingerprint density at radius 1 is 0.897 bits per heavy atom. The van der Waals surface area contributed by atoms with Crippen molar-refractivity contribution in [1.82, 2.24) is 31.1 Å². The van der Waals surface area contributed by atoms with Gasteiger partial charge in [-0.2, -0.15) is 0 Å². The summed E-state index contributed by atoms with van der Waals surface area (Å²) in [7, 11) is 3.11. The molecule has 6 rings (SSSR count). The van der Waals surface area contributed by atoms with Gasteiger partial charge >= 0.3 is 6.09 Å². The van der Waals surface area contributed by atoms with Crippen LogP contribution in [0.15, 0.2) is 54.6 Å². The molecule has 0 spiro atoms. The number of ketones is 1. The largest absolute Gasteiger partial charge is 0.444 e. The Hall–Kier alpha value is -4.69. The third kappa shape index (κ3) is 9.94. The van der Waals surface area contributed by atoms with Gasteiger partial charge < -0.3 is 35.8 Å². The maximum atomic E-state index is 14.6. The van der Waals surface area contributed by atoms with Gasteiger partial charge in [0.1, 0.15) is 28.1 Å². The van der Waals surface area contributed by atoms with Crippen molar-refractivity contribution < 1.29 is 38.3 Å². The summed E-state index contributed by atoms with van der Waals surface area (Å²) in [6.45, 7) is 4.59. The van der Waals surface area contributed by atoms with Crippen LogP contribution in [0.5, 0.6) is 0 Å². The molecule has 0 radical (unpaired) electrons. The van der Waals surface area contributed by atoms with E-state index in [4.69, 9.17) is 27.9 Å². The molecule has 2 aromatic carbocycles. The molecule has 2 saturated carbocycles. The van der Waals surface area contributed by atoms with Crippen LogP contribution in [0.4, 0.5) is 4.79 Å². The number of piperidine rings is 1. The normalized spacial score (nSPS) is 22.0. The molecular weight excluding hydrogens is 787 g/mol. The zero-order chi connectivity index (χ0) is 42.1. The first kappa shape index (κ1) is 42.9. The first-order chi connectivity index (χ1) is 27.4. The topological polar surface area (TPSA) is 183 Å². The zero-order valence-corrected chi connectivity index (χ0v) is 34.9. The highest BCUT2D eigenvalue weighted by atomic mass is 35.5. The minimum atomic E-state index is -1.31. The molecule has 0 aromatic heterocycles. The smallest absolute Gasteiger partial charge is 0.408 e. The van der Waals surface area contributed by atoms with Gasteiger partial charge in [0, 0.05) is 32.5 Å². The second kappa shape index (κ2) is 17.3. The Morgan fingerprint density at radius 2 is 1.52 bits per heavy atom. The minimum absolute atomic E-state index is 0.0390. The van der Waals surface area contributed by atoms with Gasteiger partial charge in [0.15, 0.2) is 0 Å². The van der Waals surface area contributed by atoms with Gasteiger partial charge in [-0.05, 0) is 75.0 Å². The van der Waals surface area contributed by atoms with Crippen LogP contribution in [0.25, 0.3) is 0 Å². The van der Waals surface area contributed by atoms with E-state index in [0.717, 1.165) is 24.0 Å². The summed E-state index contributed by atoms with van der Waals surface area (Å²) in [5.41, 5.74) is 1.82. The molecule has 14 nitrogen and oxygen atoms in total. The van der Waals surface area contributed by atoms with E-state index in [1.54, 1.807) is 65.2 Å². The summed E-state index contributed by atoms with van der Waals surface area (Å²) < 4.78 is 4.24. The predicted octanol–water partition coefficient (Wildman–Crippen LogP) is 3.23. The highest BCUT2D eigenvalue weighted by Gasteiger charge is 2.74. The number of fused-ring (bicyclic) bond motifs is 2. The van der Waals surface area contributed by atoms with Crippen LogP contribution >= 0.6 is 23.2 Å². The number of Topliss-reactive ketones (excluding diaryl/α,β-unsaturated/α-hetero) is 1.